The highest BCUT2D eigenvalue weighted by Gasteiger charge is 2.19. The lowest BCUT2D eigenvalue weighted by atomic mass is 10.1. The van der Waals surface area contributed by atoms with Crippen LogP contribution in [-0.2, 0) is 0 Å². The summed E-state index contributed by atoms with van der Waals surface area (Å²) in [4.78, 5) is 17.9. The van der Waals surface area contributed by atoms with Gasteiger partial charge in [-0.1, -0.05) is 0 Å². The first-order chi connectivity index (χ1) is 7.77. The van der Waals surface area contributed by atoms with E-state index in [1.165, 1.54) is 0 Å². The lowest BCUT2D eigenvalue weighted by Gasteiger charge is -2.20. The molecule has 1 aliphatic rings. The first-order valence-corrected chi connectivity index (χ1v) is 5.72. The van der Waals surface area contributed by atoms with E-state index in [-0.39, 0.29) is 11.9 Å². The van der Waals surface area contributed by atoms with E-state index in [2.05, 4.69) is 4.98 Å². The van der Waals surface area contributed by atoms with Crippen molar-refractivity contribution < 1.29 is 4.79 Å². The van der Waals surface area contributed by atoms with Crippen LogP contribution < -0.4 is 5.73 Å². The Morgan fingerprint density at radius 3 is 3.06 bits per heavy atom. The van der Waals surface area contributed by atoms with E-state index in [0.717, 1.165) is 32.4 Å². The fourth-order valence-electron chi connectivity index (χ4n) is 2.00. The largest absolute Gasteiger partial charge is 0.339 e. The zero-order chi connectivity index (χ0) is 11.4. The van der Waals surface area contributed by atoms with Crippen molar-refractivity contribution in [3.63, 3.8) is 0 Å². The number of pyridine rings is 1. The third-order valence-corrected chi connectivity index (χ3v) is 2.97. The third kappa shape index (κ3) is 2.58. The van der Waals surface area contributed by atoms with Gasteiger partial charge < -0.3 is 10.6 Å². The maximum absolute atomic E-state index is 12.1. The quantitative estimate of drug-likeness (QED) is 0.767. The SMILES string of the molecule is NC1CCCN(C(=O)c2cccnc2)CC1. The molecule has 16 heavy (non-hydrogen) atoms. The van der Waals surface area contributed by atoms with Crippen LogP contribution in [0.5, 0.6) is 0 Å². The molecule has 1 aliphatic heterocycles. The Morgan fingerprint density at radius 2 is 2.31 bits per heavy atom. The van der Waals surface area contributed by atoms with Crippen molar-refractivity contribution in [2.45, 2.75) is 25.3 Å². The van der Waals surface area contributed by atoms with E-state index >= 15 is 0 Å². The van der Waals surface area contributed by atoms with E-state index in [9.17, 15) is 4.79 Å². The predicted molar refractivity (Wildman–Crippen MR) is 62.0 cm³/mol. The molecule has 0 spiro atoms. The number of hydrogen-bond donors (Lipinski definition) is 1. The molecule has 0 aromatic carbocycles. The number of nitrogens with zero attached hydrogens (tertiary/aromatic N) is 2. The zero-order valence-corrected chi connectivity index (χ0v) is 9.30. The maximum atomic E-state index is 12.1. The number of nitrogens with two attached hydrogens (primary N) is 1. The van der Waals surface area contributed by atoms with Crippen molar-refractivity contribution in [1.29, 1.82) is 0 Å². The number of amides is 1. The summed E-state index contributed by atoms with van der Waals surface area (Å²) in [5.41, 5.74) is 6.55. The highest BCUT2D eigenvalue weighted by Crippen LogP contribution is 2.12. The molecule has 2 rings (SSSR count). The summed E-state index contributed by atoms with van der Waals surface area (Å²) in [5, 5.41) is 0. The van der Waals surface area contributed by atoms with E-state index < -0.39 is 0 Å². The first kappa shape index (κ1) is 11.1. The minimum absolute atomic E-state index is 0.0715. The van der Waals surface area contributed by atoms with Crippen LogP contribution in [0.25, 0.3) is 0 Å². The Balaban J connectivity index is 2.04. The van der Waals surface area contributed by atoms with E-state index in [4.69, 9.17) is 5.73 Å². The summed E-state index contributed by atoms with van der Waals surface area (Å²) in [5.74, 6) is 0.0715. The van der Waals surface area contributed by atoms with Gasteiger partial charge in [-0.25, -0.2) is 0 Å². The van der Waals surface area contributed by atoms with Crippen LogP contribution in [0.3, 0.4) is 0 Å². The van der Waals surface area contributed by atoms with E-state index in [1.54, 1.807) is 24.5 Å². The van der Waals surface area contributed by atoms with Crippen molar-refractivity contribution >= 4 is 5.91 Å². The van der Waals surface area contributed by atoms with E-state index in [1.807, 2.05) is 4.90 Å². The maximum Gasteiger partial charge on any atom is 0.255 e. The monoisotopic (exact) mass is 219 g/mol. The molecule has 1 aromatic rings. The lowest BCUT2D eigenvalue weighted by Crippen LogP contribution is -2.32. The Morgan fingerprint density at radius 1 is 1.44 bits per heavy atom. The molecule has 0 bridgehead atoms. The molecular weight excluding hydrogens is 202 g/mol. The lowest BCUT2D eigenvalue weighted by molar-refractivity contribution is 0.0761. The molecule has 2 heterocycles. The van der Waals surface area contributed by atoms with Crippen molar-refractivity contribution in [1.82, 2.24) is 9.88 Å². The number of rotatable bonds is 1. The molecule has 1 atom stereocenters. The second-order valence-corrected chi connectivity index (χ2v) is 4.22. The average Bonchev–Trinajstić information content (AvgIpc) is 2.54. The topological polar surface area (TPSA) is 59.2 Å². The van der Waals surface area contributed by atoms with Gasteiger partial charge in [0, 0.05) is 31.5 Å². The summed E-state index contributed by atoms with van der Waals surface area (Å²) in [6, 6.07) is 3.84. The highest BCUT2D eigenvalue weighted by molar-refractivity contribution is 5.93. The molecule has 0 saturated carbocycles. The number of likely N-dealkylation sites (tertiary alicyclic amines) is 1. The van der Waals surface area contributed by atoms with Crippen LogP contribution in [0.2, 0.25) is 0 Å². The van der Waals surface area contributed by atoms with Gasteiger partial charge in [0.25, 0.3) is 5.91 Å². The summed E-state index contributed by atoms with van der Waals surface area (Å²) in [7, 11) is 0. The van der Waals surface area contributed by atoms with Gasteiger partial charge in [-0.05, 0) is 31.4 Å². The van der Waals surface area contributed by atoms with Crippen molar-refractivity contribution in [3.8, 4) is 0 Å². The summed E-state index contributed by atoms with van der Waals surface area (Å²) in [6.07, 6.45) is 6.19. The van der Waals surface area contributed by atoms with E-state index in [0.29, 0.717) is 5.56 Å². The number of aromatic nitrogens is 1. The van der Waals surface area contributed by atoms with Gasteiger partial charge in [-0.15, -0.1) is 0 Å². The molecule has 4 nitrogen and oxygen atoms in total. The molecule has 0 radical (unpaired) electrons. The zero-order valence-electron chi connectivity index (χ0n) is 9.30. The molecule has 2 N–H and O–H groups in total. The Labute approximate surface area is 95.5 Å². The molecule has 0 aliphatic carbocycles. The summed E-state index contributed by atoms with van der Waals surface area (Å²) < 4.78 is 0. The Bertz CT molecular complexity index is 353. The van der Waals surface area contributed by atoms with Crippen LogP contribution >= 0.6 is 0 Å². The molecule has 4 heteroatoms. The predicted octanol–water partition coefficient (Wildman–Crippen LogP) is 1.03. The minimum atomic E-state index is 0.0715. The number of hydrogen-bond acceptors (Lipinski definition) is 3. The van der Waals surface area contributed by atoms with Gasteiger partial charge in [-0.2, -0.15) is 0 Å². The normalized spacial score (nSPS) is 21.6. The standard InChI is InChI=1S/C12H17N3O/c13-11-4-2-7-15(8-5-11)12(16)10-3-1-6-14-9-10/h1,3,6,9,11H,2,4-5,7-8,13H2. The Kier molecular flexibility index (Phi) is 3.51. The second kappa shape index (κ2) is 5.07. The molecule has 1 fully saturated rings. The van der Waals surface area contributed by atoms with Crippen LogP contribution in [0.15, 0.2) is 24.5 Å². The van der Waals surface area contributed by atoms with Gasteiger partial charge in [0.1, 0.15) is 0 Å². The van der Waals surface area contributed by atoms with Gasteiger partial charge in [0.05, 0.1) is 5.56 Å². The fraction of sp³-hybridized carbons (Fsp3) is 0.500. The number of carbonyl (C=O) groups is 1. The van der Waals surface area contributed by atoms with Gasteiger partial charge in [0.15, 0.2) is 0 Å². The van der Waals surface area contributed by atoms with Crippen LogP contribution in [0.4, 0.5) is 0 Å². The smallest absolute Gasteiger partial charge is 0.255 e. The average molecular weight is 219 g/mol. The van der Waals surface area contributed by atoms with Crippen molar-refractivity contribution in [3.05, 3.63) is 30.1 Å². The van der Waals surface area contributed by atoms with Crippen molar-refractivity contribution in [2.24, 2.45) is 5.73 Å². The summed E-state index contributed by atoms with van der Waals surface area (Å²) >= 11 is 0. The third-order valence-electron chi connectivity index (χ3n) is 2.97. The van der Waals surface area contributed by atoms with Crippen LogP contribution in [-0.4, -0.2) is 34.9 Å². The molecule has 86 valence electrons. The first-order valence-electron chi connectivity index (χ1n) is 5.72. The minimum Gasteiger partial charge on any atom is -0.339 e. The van der Waals surface area contributed by atoms with Gasteiger partial charge in [-0.3, -0.25) is 9.78 Å². The van der Waals surface area contributed by atoms with Crippen LogP contribution in [0, 0.1) is 0 Å². The fourth-order valence-corrected chi connectivity index (χ4v) is 2.00. The molecule has 1 saturated heterocycles. The van der Waals surface area contributed by atoms with Crippen LogP contribution in [0.1, 0.15) is 29.6 Å². The second-order valence-electron chi connectivity index (χ2n) is 4.22. The van der Waals surface area contributed by atoms with Crippen molar-refractivity contribution in [2.75, 3.05) is 13.1 Å². The summed E-state index contributed by atoms with van der Waals surface area (Å²) in [6.45, 7) is 1.57. The van der Waals surface area contributed by atoms with Gasteiger partial charge >= 0.3 is 0 Å². The number of carbonyl (C=O) groups excluding carboxylic acids is 1. The van der Waals surface area contributed by atoms with Gasteiger partial charge in [0.2, 0.25) is 0 Å². The Hall–Kier alpha value is -1.42. The molecule has 1 aromatic heterocycles. The molecule has 1 unspecified atom stereocenters. The molecule has 1 amide bonds. The highest BCUT2D eigenvalue weighted by atomic mass is 16.2. The molecular formula is C12H17N3O.